The van der Waals surface area contributed by atoms with Crippen LogP contribution in [0.2, 0.25) is 0 Å². The molecule has 0 radical (unpaired) electrons. The zero-order valence-corrected chi connectivity index (χ0v) is 12.7. The van der Waals surface area contributed by atoms with Gasteiger partial charge in [-0.05, 0) is 26.0 Å². The lowest BCUT2D eigenvalue weighted by Crippen LogP contribution is -2.30. The van der Waals surface area contributed by atoms with Crippen LogP contribution in [0.3, 0.4) is 0 Å². The number of ether oxygens (including phenoxy) is 2. The van der Waals surface area contributed by atoms with Crippen molar-refractivity contribution in [3.05, 3.63) is 35.5 Å². The van der Waals surface area contributed by atoms with Crippen molar-refractivity contribution in [1.29, 1.82) is 0 Å². The van der Waals surface area contributed by atoms with Crippen molar-refractivity contribution in [2.45, 2.75) is 13.8 Å². The predicted octanol–water partition coefficient (Wildman–Crippen LogP) is 1.40. The van der Waals surface area contributed by atoms with Crippen LogP contribution in [0.5, 0.6) is 5.75 Å². The molecule has 7 nitrogen and oxygen atoms in total. The molecule has 118 valence electrons. The van der Waals surface area contributed by atoms with Crippen molar-refractivity contribution in [3.63, 3.8) is 0 Å². The van der Waals surface area contributed by atoms with Gasteiger partial charge in [0.05, 0.1) is 12.2 Å². The van der Waals surface area contributed by atoms with Gasteiger partial charge in [-0.25, -0.2) is 5.84 Å². The van der Waals surface area contributed by atoms with Crippen molar-refractivity contribution in [2.75, 3.05) is 19.8 Å². The normalized spacial score (nSPS) is 10.5. The number of nitrogens with two attached hydrogens (primary N) is 1. The van der Waals surface area contributed by atoms with Crippen molar-refractivity contribution in [1.82, 2.24) is 15.6 Å². The number of aromatic amines is 1. The Balaban J connectivity index is 2.31. The first-order valence-electron chi connectivity index (χ1n) is 7.04. The monoisotopic (exact) mass is 304 g/mol. The van der Waals surface area contributed by atoms with E-state index in [1.54, 1.807) is 6.92 Å². The Morgan fingerprint density at radius 2 is 2.14 bits per heavy atom. The minimum Gasteiger partial charge on any atom is -0.490 e. The Kier molecular flexibility index (Phi) is 5.51. The summed E-state index contributed by atoms with van der Waals surface area (Å²) in [6.07, 6.45) is 0. The number of amides is 1. The van der Waals surface area contributed by atoms with E-state index in [1.165, 1.54) is 0 Å². The molecule has 1 aromatic heterocycles. The molecule has 0 bridgehead atoms. The quantitative estimate of drug-likeness (QED) is 0.310. The van der Waals surface area contributed by atoms with Crippen LogP contribution in [-0.2, 0) is 4.74 Å². The molecule has 0 unspecified atom stereocenters. The number of carbonyl (C=O) groups excluding carboxylic acids is 1. The Bertz CT molecular complexity index is 639. The highest BCUT2D eigenvalue weighted by Crippen LogP contribution is 2.31. The molecule has 0 aliphatic rings. The van der Waals surface area contributed by atoms with Gasteiger partial charge in [0, 0.05) is 17.9 Å². The van der Waals surface area contributed by atoms with Gasteiger partial charge in [0.15, 0.2) is 0 Å². The van der Waals surface area contributed by atoms with Gasteiger partial charge in [0.1, 0.15) is 18.1 Å². The van der Waals surface area contributed by atoms with Gasteiger partial charge >= 0.3 is 0 Å². The molecule has 7 heteroatoms. The van der Waals surface area contributed by atoms with E-state index >= 15 is 0 Å². The van der Waals surface area contributed by atoms with Crippen molar-refractivity contribution in [3.8, 4) is 17.0 Å². The van der Waals surface area contributed by atoms with Crippen LogP contribution in [0.15, 0.2) is 24.3 Å². The minimum absolute atomic E-state index is 0.398. The average molecular weight is 304 g/mol. The van der Waals surface area contributed by atoms with E-state index in [9.17, 15) is 4.79 Å². The first-order chi connectivity index (χ1) is 10.7. The fraction of sp³-hybridized carbons (Fsp3) is 0.333. The molecule has 0 aliphatic heterocycles. The number of para-hydroxylation sites is 1. The number of nitrogens with zero attached hydrogens (tertiary/aromatic N) is 1. The fourth-order valence-corrected chi connectivity index (χ4v) is 2.12. The molecule has 2 rings (SSSR count). The third kappa shape index (κ3) is 3.44. The maximum Gasteiger partial charge on any atom is 0.269 e. The molecule has 22 heavy (non-hydrogen) atoms. The van der Waals surface area contributed by atoms with Crippen molar-refractivity contribution < 1.29 is 14.3 Å². The molecule has 2 aromatic rings. The van der Waals surface area contributed by atoms with E-state index in [2.05, 4.69) is 15.6 Å². The van der Waals surface area contributed by atoms with E-state index in [-0.39, 0.29) is 0 Å². The highest BCUT2D eigenvalue weighted by atomic mass is 16.5. The van der Waals surface area contributed by atoms with Crippen LogP contribution >= 0.6 is 0 Å². The van der Waals surface area contributed by atoms with Gasteiger partial charge in [-0.15, -0.1) is 0 Å². The second-order valence-electron chi connectivity index (χ2n) is 4.59. The summed E-state index contributed by atoms with van der Waals surface area (Å²) in [6, 6.07) is 7.40. The zero-order chi connectivity index (χ0) is 15.9. The van der Waals surface area contributed by atoms with Crippen LogP contribution in [0.1, 0.15) is 23.0 Å². The van der Waals surface area contributed by atoms with Gasteiger partial charge in [-0.1, -0.05) is 12.1 Å². The van der Waals surface area contributed by atoms with Crippen molar-refractivity contribution in [2.24, 2.45) is 5.84 Å². The molecule has 0 saturated carbocycles. The molecule has 1 heterocycles. The van der Waals surface area contributed by atoms with Crippen LogP contribution in [0.4, 0.5) is 0 Å². The number of aromatic nitrogens is 2. The standard InChI is InChI=1S/C15H20N4O3/c1-3-21-8-9-22-12-7-5-4-6-11(12)14-13(15(20)17-16)10(2)18-19-14/h4-7H,3,8-9,16H2,1-2H3,(H,17,20)(H,18,19). The largest absolute Gasteiger partial charge is 0.490 e. The highest BCUT2D eigenvalue weighted by molar-refractivity contribution is 6.01. The van der Waals surface area contributed by atoms with E-state index in [0.717, 1.165) is 5.56 Å². The first kappa shape index (κ1) is 16.0. The summed E-state index contributed by atoms with van der Waals surface area (Å²) in [5.41, 5.74) is 4.42. The number of aryl methyl sites for hydroxylation is 1. The molecule has 0 atom stereocenters. The second kappa shape index (κ2) is 7.58. The molecular formula is C15H20N4O3. The number of hydrazine groups is 1. The number of rotatable bonds is 7. The van der Waals surface area contributed by atoms with Gasteiger partial charge in [0.2, 0.25) is 0 Å². The smallest absolute Gasteiger partial charge is 0.269 e. The summed E-state index contributed by atoms with van der Waals surface area (Å²) in [5.74, 6) is 5.48. The molecule has 0 fully saturated rings. The van der Waals surface area contributed by atoms with Crippen LogP contribution in [0, 0.1) is 6.92 Å². The number of nitrogens with one attached hydrogen (secondary N) is 2. The summed E-state index contributed by atoms with van der Waals surface area (Å²) in [7, 11) is 0. The summed E-state index contributed by atoms with van der Waals surface area (Å²) in [4.78, 5) is 11.9. The Labute approximate surface area is 128 Å². The number of hydrogen-bond donors (Lipinski definition) is 3. The van der Waals surface area contributed by atoms with Gasteiger partial charge in [-0.3, -0.25) is 15.3 Å². The number of H-pyrrole nitrogens is 1. The zero-order valence-electron chi connectivity index (χ0n) is 12.7. The maximum absolute atomic E-state index is 11.9. The van der Waals surface area contributed by atoms with Crippen LogP contribution < -0.4 is 16.0 Å². The third-order valence-electron chi connectivity index (χ3n) is 3.14. The second-order valence-corrected chi connectivity index (χ2v) is 4.59. The Hall–Kier alpha value is -2.38. The van der Waals surface area contributed by atoms with E-state index in [4.69, 9.17) is 15.3 Å². The average Bonchev–Trinajstić information content (AvgIpc) is 2.93. The Morgan fingerprint density at radius 3 is 2.86 bits per heavy atom. The molecule has 0 spiro atoms. The number of hydrogen-bond acceptors (Lipinski definition) is 5. The topological polar surface area (TPSA) is 102 Å². The molecule has 1 aromatic carbocycles. The predicted molar refractivity (Wildman–Crippen MR) is 82.4 cm³/mol. The summed E-state index contributed by atoms with van der Waals surface area (Å²) >= 11 is 0. The summed E-state index contributed by atoms with van der Waals surface area (Å²) < 4.78 is 11.0. The third-order valence-corrected chi connectivity index (χ3v) is 3.14. The summed E-state index contributed by atoms with van der Waals surface area (Å²) in [6.45, 7) is 5.26. The molecule has 0 saturated heterocycles. The van der Waals surface area contributed by atoms with Crippen LogP contribution in [0.25, 0.3) is 11.3 Å². The summed E-state index contributed by atoms with van der Waals surface area (Å²) in [5, 5.41) is 7.02. The SMILES string of the molecule is CCOCCOc1ccccc1-c1n[nH]c(C)c1C(=O)NN. The van der Waals surface area contributed by atoms with E-state index < -0.39 is 5.91 Å². The molecule has 1 amide bonds. The minimum atomic E-state index is -0.398. The maximum atomic E-state index is 11.9. The number of carbonyl (C=O) groups is 1. The number of benzene rings is 1. The molecule has 4 N–H and O–H groups in total. The number of nitrogen functional groups attached to an aromatic ring is 1. The first-order valence-corrected chi connectivity index (χ1v) is 7.04. The fourth-order valence-electron chi connectivity index (χ4n) is 2.12. The Morgan fingerprint density at radius 1 is 1.36 bits per heavy atom. The van der Waals surface area contributed by atoms with E-state index in [0.29, 0.717) is 42.5 Å². The van der Waals surface area contributed by atoms with Gasteiger partial charge in [-0.2, -0.15) is 5.10 Å². The van der Waals surface area contributed by atoms with E-state index in [1.807, 2.05) is 31.2 Å². The lowest BCUT2D eigenvalue weighted by Gasteiger charge is -2.11. The lowest BCUT2D eigenvalue weighted by atomic mass is 10.0. The lowest BCUT2D eigenvalue weighted by molar-refractivity contribution is 0.0953. The molecular weight excluding hydrogens is 284 g/mol. The highest BCUT2D eigenvalue weighted by Gasteiger charge is 2.21. The van der Waals surface area contributed by atoms with Gasteiger partial charge < -0.3 is 9.47 Å². The van der Waals surface area contributed by atoms with Crippen LogP contribution in [-0.4, -0.2) is 35.9 Å². The van der Waals surface area contributed by atoms with Gasteiger partial charge in [0.25, 0.3) is 5.91 Å². The molecule has 0 aliphatic carbocycles. The van der Waals surface area contributed by atoms with Crippen molar-refractivity contribution >= 4 is 5.91 Å².